The van der Waals surface area contributed by atoms with Crippen molar-refractivity contribution < 1.29 is 19.1 Å². The van der Waals surface area contributed by atoms with Crippen LogP contribution in [0.3, 0.4) is 0 Å². The van der Waals surface area contributed by atoms with E-state index in [9.17, 15) is 9.59 Å². The van der Waals surface area contributed by atoms with Crippen LogP contribution in [0.5, 0.6) is 5.75 Å². The highest BCUT2D eigenvalue weighted by molar-refractivity contribution is 7.99. The maximum atomic E-state index is 12.0. The molecule has 2 amide bonds. The van der Waals surface area contributed by atoms with Crippen LogP contribution in [0.1, 0.15) is 20.8 Å². The fourth-order valence-corrected chi connectivity index (χ4v) is 3.47. The second kappa shape index (κ2) is 10.3. The van der Waals surface area contributed by atoms with Gasteiger partial charge in [-0.25, -0.2) is 9.78 Å². The number of thiazole rings is 1. The van der Waals surface area contributed by atoms with Crippen LogP contribution in [-0.2, 0) is 9.53 Å². The molecular weight excluding hydrogens is 398 g/mol. The number of aromatic nitrogens is 1. The van der Waals surface area contributed by atoms with Gasteiger partial charge in [0.05, 0.1) is 18.6 Å². The van der Waals surface area contributed by atoms with E-state index >= 15 is 0 Å². The maximum Gasteiger partial charge on any atom is 0.407 e. The standard InChI is InChI=1S/C19H25N3O4S2/c1-19(2,3)26-18(24)20-9-10-27-12-16(23)22-17-21-15(11-28-17)13-5-7-14(25-4)8-6-13/h5-8,11H,9-10,12H2,1-4H3,(H,20,24)(H,21,22,23). The van der Waals surface area contributed by atoms with Crippen molar-refractivity contribution in [3.8, 4) is 17.0 Å². The van der Waals surface area contributed by atoms with Crippen LogP contribution in [-0.4, -0.2) is 47.7 Å². The molecule has 0 bridgehead atoms. The van der Waals surface area contributed by atoms with Crippen LogP contribution in [0.4, 0.5) is 9.93 Å². The number of ether oxygens (including phenoxy) is 2. The lowest BCUT2D eigenvalue weighted by Crippen LogP contribution is -2.33. The number of nitrogens with zero attached hydrogens (tertiary/aromatic N) is 1. The fraction of sp³-hybridized carbons (Fsp3) is 0.421. The lowest BCUT2D eigenvalue weighted by Gasteiger charge is -2.19. The number of thioether (sulfide) groups is 1. The summed E-state index contributed by atoms with van der Waals surface area (Å²) in [5.41, 5.74) is 1.24. The summed E-state index contributed by atoms with van der Waals surface area (Å²) in [4.78, 5) is 28.0. The van der Waals surface area contributed by atoms with Crippen molar-refractivity contribution in [2.75, 3.05) is 30.5 Å². The van der Waals surface area contributed by atoms with E-state index < -0.39 is 11.7 Å². The van der Waals surface area contributed by atoms with Crippen LogP contribution < -0.4 is 15.4 Å². The van der Waals surface area contributed by atoms with Crippen molar-refractivity contribution in [1.29, 1.82) is 0 Å². The minimum atomic E-state index is -0.518. The molecule has 0 fully saturated rings. The number of benzene rings is 1. The number of carbonyl (C=O) groups is 2. The van der Waals surface area contributed by atoms with Gasteiger partial charge in [0.25, 0.3) is 0 Å². The van der Waals surface area contributed by atoms with E-state index in [-0.39, 0.29) is 11.7 Å². The molecule has 0 spiro atoms. The monoisotopic (exact) mass is 423 g/mol. The number of nitrogens with one attached hydrogen (secondary N) is 2. The Balaban J connectivity index is 1.69. The molecular formula is C19H25N3O4S2. The van der Waals surface area contributed by atoms with Gasteiger partial charge in [0, 0.05) is 23.2 Å². The van der Waals surface area contributed by atoms with Crippen molar-refractivity contribution >= 4 is 40.2 Å². The smallest absolute Gasteiger partial charge is 0.407 e. The Kier molecular flexibility index (Phi) is 8.13. The average Bonchev–Trinajstić information content (AvgIpc) is 3.08. The quantitative estimate of drug-likeness (QED) is 0.624. The van der Waals surface area contributed by atoms with Gasteiger partial charge in [0.15, 0.2) is 5.13 Å². The van der Waals surface area contributed by atoms with E-state index in [1.165, 1.54) is 23.1 Å². The largest absolute Gasteiger partial charge is 0.497 e. The molecule has 2 aromatic rings. The maximum absolute atomic E-state index is 12.0. The third kappa shape index (κ3) is 7.77. The highest BCUT2D eigenvalue weighted by Crippen LogP contribution is 2.26. The zero-order chi connectivity index (χ0) is 20.6. The molecule has 1 aromatic heterocycles. The summed E-state index contributed by atoms with van der Waals surface area (Å²) in [7, 11) is 1.62. The lowest BCUT2D eigenvalue weighted by molar-refractivity contribution is -0.113. The molecule has 0 saturated carbocycles. The molecule has 0 aliphatic rings. The van der Waals surface area contributed by atoms with E-state index in [0.29, 0.717) is 17.4 Å². The van der Waals surface area contributed by atoms with Crippen LogP contribution >= 0.6 is 23.1 Å². The summed E-state index contributed by atoms with van der Waals surface area (Å²) in [6.45, 7) is 5.87. The summed E-state index contributed by atoms with van der Waals surface area (Å²) >= 11 is 2.81. The number of hydrogen-bond donors (Lipinski definition) is 2. The molecule has 2 rings (SSSR count). The van der Waals surface area contributed by atoms with E-state index in [1.54, 1.807) is 7.11 Å². The van der Waals surface area contributed by atoms with Crippen molar-refractivity contribution in [2.45, 2.75) is 26.4 Å². The van der Waals surface area contributed by atoms with Gasteiger partial charge < -0.3 is 20.1 Å². The molecule has 0 aliphatic heterocycles. The minimum absolute atomic E-state index is 0.127. The molecule has 0 saturated heterocycles. The van der Waals surface area contributed by atoms with Crippen LogP contribution in [0.25, 0.3) is 11.3 Å². The first-order valence-electron chi connectivity index (χ1n) is 8.71. The van der Waals surface area contributed by atoms with Crippen LogP contribution in [0.2, 0.25) is 0 Å². The first-order chi connectivity index (χ1) is 13.3. The topological polar surface area (TPSA) is 89.6 Å². The first kappa shape index (κ1) is 22.0. The Labute approximate surface area is 173 Å². The van der Waals surface area contributed by atoms with Crippen molar-refractivity contribution in [3.63, 3.8) is 0 Å². The Morgan fingerprint density at radius 1 is 1.21 bits per heavy atom. The van der Waals surface area contributed by atoms with Crippen LogP contribution in [0.15, 0.2) is 29.6 Å². The number of hydrogen-bond acceptors (Lipinski definition) is 7. The van der Waals surface area contributed by atoms with Gasteiger partial charge in [-0.2, -0.15) is 11.8 Å². The summed E-state index contributed by atoms with van der Waals surface area (Å²) in [5, 5.41) is 7.91. The second-order valence-electron chi connectivity index (χ2n) is 6.80. The summed E-state index contributed by atoms with van der Waals surface area (Å²) in [5.74, 6) is 1.55. The predicted octanol–water partition coefficient (Wildman–Crippen LogP) is 4.02. The Morgan fingerprint density at radius 3 is 2.57 bits per heavy atom. The van der Waals surface area contributed by atoms with Gasteiger partial charge in [-0.3, -0.25) is 4.79 Å². The van der Waals surface area contributed by atoms with Crippen molar-refractivity contribution in [1.82, 2.24) is 10.3 Å². The highest BCUT2D eigenvalue weighted by atomic mass is 32.2. The number of anilines is 1. The molecule has 0 aliphatic carbocycles. The molecule has 7 nitrogen and oxygen atoms in total. The van der Waals surface area contributed by atoms with Gasteiger partial charge >= 0.3 is 6.09 Å². The van der Waals surface area contributed by atoms with Gasteiger partial charge in [-0.05, 0) is 45.0 Å². The number of amides is 2. The molecule has 28 heavy (non-hydrogen) atoms. The second-order valence-corrected chi connectivity index (χ2v) is 8.76. The zero-order valence-corrected chi connectivity index (χ0v) is 18.0. The number of rotatable bonds is 8. The highest BCUT2D eigenvalue weighted by Gasteiger charge is 2.15. The van der Waals surface area contributed by atoms with Crippen molar-refractivity contribution in [3.05, 3.63) is 29.6 Å². The molecule has 0 unspecified atom stereocenters. The number of methoxy groups -OCH3 is 1. The summed E-state index contributed by atoms with van der Waals surface area (Å²) < 4.78 is 10.3. The van der Waals surface area contributed by atoms with Gasteiger partial charge in [-0.1, -0.05) is 0 Å². The molecule has 0 radical (unpaired) electrons. The molecule has 0 atom stereocenters. The Bertz CT molecular complexity index is 785. The van der Waals surface area contributed by atoms with E-state index in [2.05, 4.69) is 15.6 Å². The Hall–Kier alpha value is -2.26. The molecule has 1 aromatic carbocycles. The summed E-state index contributed by atoms with van der Waals surface area (Å²) in [6, 6.07) is 7.59. The molecule has 9 heteroatoms. The summed E-state index contributed by atoms with van der Waals surface area (Å²) in [6.07, 6.45) is -0.452. The molecule has 152 valence electrons. The lowest BCUT2D eigenvalue weighted by atomic mass is 10.2. The van der Waals surface area contributed by atoms with E-state index in [4.69, 9.17) is 9.47 Å². The number of carbonyl (C=O) groups excluding carboxylic acids is 2. The SMILES string of the molecule is COc1ccc(-c2csc(NC(=O)CSCCNC(=O)OC(C)(C)C)n2)cc1. The fourth-order valence-electron chi connectivity index (χ4n) is 2.09. The third-order valence-electron chi connectivity index (χ3n) is 3.28. The molecule has 2 N–H and O–H groups in total. The Morgan fingerprint density at radius 2 is 1.93 bits per heavy atom. The third-order valence-corrected chi connectivity index (χ3v) is 5.00. The van der Waals surface area contributed by atoms with Gasteiger partial charge in [0.1, 0.15) is 11.4 Å². The average molecular weight is 424 g/mol. The van der Waals surface area contributed by atoms with Crippen LogP contribution in [0, 0.1) is 0 Å². The first-order valence-corrected chi connectivity index (χ1v) is 10.7. The van der Waals surface area contributed by atoms with E-state index in [0.717, 1.165) is 17.0 Å². The number of alkyl carbamates (subject to hydrolysis) is 1. The predicted molar refractivity (Wildman–Crippen MR) is 114 cm³/mol. The van der Waals surface area contributed by atoms with E-state index in [1.807, 2.05) is 50.4 Å². The zero-order valence-electron chi connectivity index (χ0n) is 16.4. The molecule has 1 heterocycles. The van der Waals surface area contributed by atoms with Gasteiger partial charge in [-0.15, -0.1) is 11.3 Å². The minimum Gasteiger partial charge on any atom is -0.497 e. The van der Waals surface area contributed by atoms with Gasteiger partial charge in [0.2, 0.25) is 5.91 Å². The normalized spacial score (nSPS) is 11.0. The van der Waals surface area contributed by atoms with Crippen molar-refractivity contribution in [2.24, 2.45) is 0 Å².